The largest absolute Gasteiger partial charge is 0.508 e. The van der Waals surface area contributed by atoms with E-state index in [0.717, 1.165) is 12.1 Å². The van der Waals surface area contributed by atoms with Crippen molar-refractivity contribution >= 4 is 82.4 Å². The number of anilines is 4. The van der Waals surface area contributed by atoms with Crippen molar-refractivity contribution in [2.24, 2.45) is 0 Å². The van der Waals surface area contributed by atoms with Crippen LogP contribution in [0.4, 0.5) is 27.5 Å². The molecule has 17 heteroatoms. The van der Waals surface area contributed by atoms with E-state index in [1.54, 1.807) is 0 Å². The molecule has 0 fully saturated rings. The van der Waals surface area contributed by atoms with Crippen LogP contribution in [0.15, 0.2) is 119 Å². The number of aromatic hydroxyl groups is 2. The van der Waals surface area contributed by atoms with E-state index in [4.69, 9.17) is 0 Å². The van der Waals surface area contributed by atoms with Crippen LogP contribution >= 0.6 is 0 Å². The summed E-state index contributed by atoms with van der Waals surface area (Å²) in [6.45, 7) is 0. The molecule has 0 radical (unpaired) electrons. The highest BCUT2D eigenvalue weighted by Gasteiger charge is 2.23. The van der Waals surface area contributed by atoms with Crippen molar-refractivity contribution in [3.63, 3.8) is 0 Å². The standard InChI is InChI=1S/C35H26N4O11S2/c40-25-11-7-19-9-13-29(51(45,46)47)31(27(19)17-25)38-33(42)21-3-1-5-23(15-21)36-35(44)37-24-6-2-4-22(16-24)34(43)39-32-28-18-26(41)12-8-20(28)10-14-30(32)52(48,49)50/h1-18,40-41H,(H,38,42)(H,39,43)(H2,36,37,44)(H,45,46,47)(H,48,49,50). The summed E-state index contributed by atoms with van der Waals surface area (Å²) >= 11 is 0. The van der Waals surface area contributed by atoms with Crippen LogP contribution in [0, 0.1) is 0 Å². The molecule has 0 atom stereocenters. The van der Waals surface area contributed by atoms with Gasteiger partial charge in [-0.3, -0.25) is 18.7 Å². The summed E-state index contributed by atoms with van der Waals surface area (Å²) in [4.78, 5) is 38.3. The summed E-state index contributed by atoms with van der Waals surface area (Å²) < 4.78 is 68.0. The molecular formula is C35H26N4O11S2. The normalized spacial score (nSPS) is 11.6. The molecule has 0 aliphatic carbocycles. The second kappa shape index (κ2) is 13.6. The minimum absolute atomic E-state index is 0.0130. The van der Waals surface area contributed by atoms with Crippen molar-refractivity contribution in [1.29, 1.82) is 0 Å². The van der Waals surface area contributed by atoms with E-state index in [-0.39, 0.29) is 56.1 Å². The number of urea groups is 1. The van der Waals surface area contributed by atoms with Gasteiger partial charge in [0.2, 0.25) is 0 Å². The van der Waals surface area contributed by atoms with Gasteiger partial charge < -0.3 is 31.5 Å². The number of benzene rings is 6. The van der Waals surface area contributed by atoms with Crippen molar-refractivity contribution in [3.8, 4) is 11.5 Å². The fourth-order valence-electron chi connectivity index (χ4n) is 5.40. The van der Waals surface area contributed by atoms with Crippen molar-refractivity contribution < 1.29 is 50.5 Å². The van der Waals surface area contributed by atoms with Crippen molar-refractivity contribution in [3.05, 3.63) is 120 Å². The maximum atomic E-state index is 13.3. The van der Waals surface area contributed by atoms with Crippen molar-refractivity contribution in [1.82, 2.24) is 0 Å². The first kappa shape index (κ1) is 35.3. The Labute approximate surface area is 295 Å². The van der Waals surface area contributed by atoms with E-state index in [1.165, 1.54) is 97.1 Å². The number of amides is 4. The monoisotopic (exact) mass is 742 g/mol. The van der Waals surface area contributed by atoms with E-state index in [2.05, 4.69) is 21.3 Å². The van der Waals surface area contributed by atoms with Gasteiger partial charge in [0.05, 0.1) is 11.4 Å². The molecule has 0 aliphatic heterocycles. The van der Waals surface area contributed by atoms with Crippen LogP contribution in [-0.2, 0) is 20.2 Å². The first-order valence-electron chi connectivity index (χ1n) is 14.9. The Morgan fingerprint density at radius 3 is 1.25 bits per heavy atom. The Morgan fingerprint density at radius 2 is 0.865 bits per heavy atom. The minimum Gasteiger partial charge on any atom is -0.508 e. The molecule has 0 bridgehead atoms. The summed E-state index contributed by atoms with van der Waals surface area (Å²) in [5, 5.41) is 31.2. The smallest absolute Gasteiger partial charge is 0.323 e. The summed E-state index contributed by atoms with van der Waals surface area (Å²) in [6.07, 6.45) is 0. The first-order chi connectivity index (χ1) is 24.6. The molecule has 0 saturated heterocycles. The Kier molecular flexibility index (Phi) is 9.26. The lowest BCUT2D eigenvalue weighted by molar-refractivity contribution is 0.101. The molecule has 4 amide bonds. The predicted octanol–water partition coefficient (Wildman–Crippen LogP) is 6.05. The number of phenols is 2. The number of carbonyl (C=O) groups is 3. The summed E-state index contributed by atoms with van der Waals surface area (Å²) in [7, 11) is -9.58. The number of phenolic OH excluding ortho intramolecular Hbond substituents is 2. The summed E-state index contributed by atoms with van der Waals surface area (Å²) in [5.74, 6) is -2.03. The van der Waals surface area contributed by atoms with Gasteiger partial charge in [-0.15, -0.1) is 0 Å². The molecule has 0 saturated carbocycles. The third-order valence-corrected chi connectivity index (χ3v) is 9.52. The zero-order chi connectivity index (χ0) is 37.4. The lowest BCUT2D eigenvalue weighted by Gasteiger charge is -2.14. The lowest BCUT2D eigenvalue weighted by Crippen LogP contribution is -2.21. The molecule has 264 valence electrons. The van der Waals surface area contributed by atoms with Crippen LogP contribution in [0.2, 0.25) is 0 Å². The molecule has 0 aliphatic rings. The Hall–Kier alpha value is -6.53. The maximum absolute atomic E-state index is 13.3. The van der Waals surface area contributed by atoms with Gasteiger partial charge >= 0.3 is 6.03 Å². The topological polar surface area (TPSA) is 249 Å². The second-order valence-corrected chi connectivity index (χ2v) is 14.1. The molecular weight excluding hydrogens is 717 g/mol. The number of rotatable bonds is 8. The molecule has 0 spiro atoms. The van der Waals surface area contributed by atoms with Gasteiger partial charge in [0.15, 0.2) is 0 Å². The van der Waals surface area contributed by atoms with Gasteiger partial charge in [0.25, 0.3) is 32.1 Å². The van der Waals surface area contributed by atoms with Crippen LogP contribution in [0.25, 0.3) is 21.5 Å². The molecule has 0 unspecified atom stereocenters. The zero-order valence-electron chi connectivity index (χ0n) is 26.4. The van der Waals surface area contributed by atoms with E-state index in [9.17, 15) is 50.5 Å². The highest BCUT2D eigenvalue weighted by atomic mass is 32.2. The van der Waals surface area contributed by atoms with Crippen LogP contribution in [0.1, 0.15) is 20.7 Å². The quantitative estimate of drug-likeness (QED) is 0.0834. The third kappa shape index (κ3) is 7.62. The van der Waals surface area contributed by atoms with E-state index < -0.39 is 47.9 Å². The molecule has 0 heterocycles. The fraction of sp³-hybridized carbons (Fsp3) is 0. The van der Waals surface area contributed by atoms with Gasteiger partial charge in [-0.1, -0.05) is 36.4 Å². The Bertz CT molecular complexity index is 2500. The van der Waals surface area contributed by atoms with Crippen molar-refractivity contribution in [2.75, 3.05) is 21.3 Å². The second-order valence-electron chi connectivity index (χ2n) is 11.3. The minimum atomic E-state index is -4.79. The number of fused-ring (bicyclic) bond motifs is 2. The highest BCUT2D eigenvalue weighted by molar-refractivity contribution is 7.86. The number of carbonyl (C=O) groups excluding carboxylic acids is 3. The van der Waals surface area contributed by atoms with Gasteiger partial charge in [0.1, 0.15) is 21.3 Å². The number of nitrogens with one attached hydrogen (secondary N) is 4. The van der Waals surface area contributed by atoms with Gasteiger partial charge in [-0.25, -0.2) is 4.79 Å². The Morgan fingerprint density at radius 1 is 0.481 bits per heavy atom. The zero-order valence-corrected chi connectivity index (χ0v) is 28.0. The molecule has 6 aromatic rings. The summed E-state index contributed by atoms with van der Waals surface area (Å²) in [6, 6.07) is 23.6. The van der Waals surface area contributed by atoms with Crippen LogP contribution < -0.4 is 21.3 Å². The van der Waals surface area contributed by atoms with Crippen LogP contribution in [0.5, 0.6) is 11.5 Å². The molecule has 0 aromatic heterocycles. The third-order valence-electron chi connectivity index (χ3n) is 7.73. The van der Waals surface area contributed by atoms with Crippen LogP contribution in [-0.4, -0.2) is 54.0 Å². The average Bonchev–Trinajstić information content (AvgIpc) is 3.07. The SMILES string of the molecule is O=C(Nc1cccc(C(=O)Nc2c(S(=O)(=O)O)ccc3ccc(O)cc23)c1)Nc1cccc(C(=O)Nc2c(S(=O)(=O)O)ccc3ccc(O)cc23)c1. The van der Waals surface area contributed by atoms with E-state index >= 15 is 0 Å². The van der Waals surface area contributed by atoms with Gasteiger partial charge in [0, 0.05) is 33.3 Å². The molecule has 52 heavy (non-hydrogen) atoms. The predicted molar refractivity (Wildman–Crippen MR) is 192 cm³/mol. The van der Waals surface area contributed by atoms with Gasteiger partial charge in [-0.2, -0.15) is 16.8 Å². The number of hydrogen-bond donors (Lipinski definition) is 8. The summed E-state index contributed by atoms with van der Waals surface area (Å²) in [5.41, 5.74) is -0.285. The van der Waals surface area contributed by atoms with Crippen LogP contribution in [0.3, 0.4) is 0 Å². The van der Waals surface area contributed by atoms with Gasteiger partial charge in [-0.05, 0) is 83.6 Å². The lowest BCUT2D eigenvalue weighted by atomic mass is 10.1. The molecule has 6 aromatic carbocycles. The first-order valence-corrected chi connectivity index (χ1v) is 17.8. The molecule has 15 nitrogen and oxygen atoms in total. The molecule has 6 rings (SSSR count). The fourth-order valence-corrected chi connectivity index (χ4v) is 6.72. The number of hydrogen-bond acceptors (Lipinski definition) is 9. The van der Waals surface area contributed by atoms with Crippen molar-refractivity contribution in [2.45, 2.75) is 9.79 Å². The molecule has 8 N–H and O–H groups in total. The van der Waals surface area contributed by atoms with E-state index in [0.29, 0.717) is 10.8 Å². The average molecular weight is 743 g/mol. The van der Waals surface area contributed by atoms with E-state index in [1.807, 2.05) is 0 Å². The highest BCUT2D eigenvalue weighted by Crippen LogP contribution is 2.35. The Balaban J connectivity index is 1.19. The maximum Gasteiger partial charge on any atom is 0.323 e.